The number of likely N-dealkylation sites (N-methyl/N-ethyl adjacent to an activating group) is 2. The van der Waals surface area contributed by atoms with E-state index in [9.17, 15) is 19.2 Å². The molecule has 4 fully saturated rings. The Hall–Kier alpha value is -1.96. The molecule has 12 heteroatoms. The second kappa shape index (κ2) is 11.4. The molecule has 0 saturated carbocycles. The Balaban J connectivity index is 1.24. The third-order valence-electron chi connectivity index (χ3n) is 7.62. The van der Waals surface area contributed by atoms with E-state index in [2.05, 4.69) is 33.7 Å². The van der Waals surface area contributed by atoms with E-state index in [1.807, 2.05) is 16.7 Å². The number of amides is 4. The van der Waals surface area contributed by atoms with E-state index in [0.717, 1.165) is 52.4 Å². The molecule has 4 rings (SSSR count). The van der Waals surface area contributed by atoms with Crippen LogP contribution in [0.4, 0.5) is 0 Å². The molecule has 4 aliphatic rings. The van der Waals surface area contributed by atoms with Crippen LogP contribution in [-0.2, 0) is 19.2 Å². The van der Waals surface area contributed by atoms with Gasteiger partial charge in [0.15, 0.2) is 0 Å². The molecule has 1 atom stereocenters. The normalized spacial score (nSPS) is 26.7. The number of rotatable bonds is 7. The smallest absolute Gasteiger partial charge is 0.244 e. The fraction of sp³-hybridized carbons (Fsp3) is 0.826. The Morgan fingerprint density at radius 3 is 1.34 bits per heavy atom. The monoisotopic (exact) mass is 492 g/mol. The molecule has 4 aliphatic heterocycles. The fourth-order valence-electron chi connectivity index (χ4n) is 5.09. The van der Waals surface area contributed by atoms with Crippen molar-refractivity contribution < 1.29 is 19.2 Å². The van der Waals surface area contributed by atoms with Crippen molar-refractivity contribution in [3.63, 3.8) is 0 Å². The molecule has 0 spiro atoms. The zero-order valence-corrected chi connectivity index (χ0v) is 21.4. The highest BCUT2D eigenvalue weighted by Crippen LogP contribution is 2.14. The van der Waals surface area contributed by atoms with Crippen molar-refractivity contribution in [3.05, 3.63) is 0 Å². The predicted octanol–water partition coefficient (Wildman–Crippen LogP) is -2.87. The lowest BCUT2D eigenvalue weighted by atomic mass is 10.2. The van der Waals surface area contributed by atoms with E-state index in [-0.39, 0.29) is 55.8 Å². The van der Waals surface area contributed by atoms with Gasteiger partial charge in [-0.1, -0.05) is 0 Å². The zero-order valence-electron chi connectivity index (χ0n) is 21.4. The lowest BCUT2D eigenvalue weighted by Crippen LogP contribution is -2.62. The minimum absolute atomic E-state index is 0.126. The first-order valence-corrected chi connectivity index (χ1v) is 12.6. The van der Waals surface area contributed by atoms with E-state index in [1.54, 1.807) is 0 Å². The summed E-state index contributed by atoms with van der Waals surface area (Å²) < 4.78 is 0. The topological polar surface area (TPSA) is 94.2 Å². The van der Waals surface area contributed by atoms with Gasteiger partial charge in [0.05, 0.1) is 39.5 Å². The molecule has 12 nitrogen and oxygen atoms in total. The summed E-state index contributed by atoms with van der Waals surface area (Å²) in [4.78, 5) is 66.3. The van der Waals surface area contributed by atoms with Crippen LogP contribution < -0.4 is 0 Å². The summed E-state index contributed by atoms with van der Waals surface area (Å²) in [6.45, 7) is 10.9. The number of hydrogen-bond acceptors (Lipinski definition) is 10. The van der Waals surface area contributed by atoms with Gasteiger partial charge in [-0.05, 0) is 21.0 Å². The number of imide groups is 2. The van der Waals surface area contributed by atoms with Gasteiger partial charge in [-0.15, -0.1) is 0 Å². The molecular formula is C23H40N8O4. The van der Waals surface area contributed by atoms with Crippen LogP contribution in [0.25, 0.3) is 0 Å². The van der Waals surface area contributed by atoms with E-state index in [0.29, 0.717) is 19.9 Å². The molecule has 4 saturated heterocycles. The summed E-state index contributed by atoms with van der Waals surface area (Å²) in [7, 11) is 4.14. The van der Waals surface area contributed by atoms with Gasteiger partial charge in [-0.3, -0.25) is 48.6 Å². The maximum absolute atomic E-state index is 12.8. The Bertz CT molecular complexity index is 773. The summed E-state index contributed by atoms with van der Waals surface area (Å²) in [6, 6.07) is -0.126. The second-order valence-corrected chi connectivity index (χ2v) is 10.5. The van der Waals surface area contributed by atoms with Gasteiger partial charge in [-0.2, -0.15) is 0 Å². The molecule has 0 aromatic carbocycles. The summed E-state index contributed by atoms with van der Waals surface area (Å²) in [5, 5.41) is 0. The molecular weight excluding hydrogens is 452 g/mol. The van der Waals surface area contributed by atoms with Crippen molar-refractivity contribution in [1.82, 2.24) is 39.2 Å². The summed E-state index contributed by atoms with van der Waals surface area (Å²) >= 11 is 0. The molecule has 196 valence electrons. The Morgan fingerprint density at radius 2 is 0.943 bits per heavy atom. The molecule has 0 aromatic heterocycles. The Labute approximate surface area is 207 Å². The maximum atomic E-state index is 12.8. The molecule has 0 bridgehead atoms. The largest absolute Gasteiger partial charge is 0.304 e. The highest BCUT2D eigenvalue weighted by Gasteiger charge is 2.37. The third kappa shape index (κ3) is 6.63. The molecule has 1 unspecified atom stereocenters. The second-order valence-electron chi connectivity index (χ2n) is 10.5. The van der Waals surface area contributed by atoms with E-state index >= 15 is 0 Å². The van der Waals surface area contributed by atoms with Crippen molar-refractivity contribution in [2.24, 2.45) is 0 Å². The lowest BCUT2D eigenvalue weighted by molar-refractivity contribution is -0.158. The summed E-state index contributed by atoms with van der Waals surface area (Å²) in [5.74, 6) is -0.736. The minimum Gasteiger partial charge on any atom is -0.304 e. The molecule has 35 heavy (non-hydrogen) atoms. The van der Waals surface area contributed by atoms with Crippen molar-refractivity contribution in [2.75, 3.05) is 113 Å². The van der Waals surface area contributed by atoms with Crippen LogP contribution in [0.5, 0.6) is 0 Å². The van der Waals surface area contributed by atoms with Crippen LogP contribution in [0.1, 0.15) is 6.92 Å². The van der Waals surface area contributed by atoms with Gasteiger partial charge in [0.1, 0.15) is 0 Å². The standard InChI is InChI=1S/C23H40N8O4/c1-19(29-15-22(34)31(23(35)16-29)18-27-10-6-25(3)7-11-27)12-28-13-20(32)30(21(33)14-28)17-26-8-4-24(2)5-9-26/h19H,4-18H2,1-3H3. The van der Waals surface area contributed by atoms with Gasteiger partial charge in [-0.25, -0.2) is 0 Å². The van der Waals surface area contributed by atoms with Crippen LogP contribution in [0.2, 0.25) is 0 Å². The predicted molar refractivity (Wildman–Crippen MR) is 129 cm³/mol. The number of hydrogen-bond donors (Lipinski definition) is 0. The van der Waals surface area contributed by atoms with Gasteiger partial charge >= 0.3 is 0 Å². The zero-order chi connectivity index (χ0) is 25.1. The Kier molecular flexibility index (Phi) is 8.50. The molecule has 0 N–H and O–H groups in total. The minimum atomic E-state index is -0.184. The summed E-state index contributed by atoms with van der Waals surface area (Å²) in [6.07, 6.45) is 0. The number of carbonyl (C=O) groups excluding carboxylic acids is 4. The van der Waals surface area contributed by atoms with Crippen LogP contribution in [0.15, 0.2) is 0 Å². The first-order chi connectivity index (χ1) is 16.7. The van der Waals surface area contributed by atoms with Crippen LogP contribution in [0.3, 0.4) is 0 Å². The molecule has 0 radical (unpaired) electrons. The maximum Gasteiger partial charge on any atom is 0.244 e. The van der Waals surface area contributed by atoms with Crippen molar-refractivity contribution in [3.8, 4) is 0 Å². The average Bonchev–Trinajstić information content (AvgIpc) is 2.81. The third-order valence-corrected chi connectivity index (χ3v) is 7.62. The number of piperazine rings is 4. The van der Waals surface area contributed by atoms with Gasteiger partial charge < -0.3 is 9.80 Å². The highest BCUT2D eigenvalue weighted by atomic mass is 16.2. The fourth-order valence-corrected chi connectivity index (χ4v) is 5.09. The Morgan fingerprint density at radius 1 is 0.571 bits per heavy atom. The van der Waals surface area contributed by atoms with E-state index in [1.165, 1.54) is 9.80 Å². The van der Waals surface area contributed by atoms with Crippen LogP contribution in [0, 0.1) is 0 Å². The number of nitrogens with zero attached hydrogens (tertiary/aromatic N) is 8. The van der Waals surface area contributed by atoms with Crippen molar-refractivity contribution in [1.29, 1.82) is 0 Å². The first kappa shape index (κ1) is 26.1. The van der Waals surface area contributed by atoms with Crippen molar-refractivity contribution in [2.45, 2.75) is 13.0 Å². The molecule has 0 aliphatic carbocycles. The van der Waals surface area contributed by atoms with Crippen molar-refractivity contribution >= 4 is 23.6 Å². The SMILES string of the molecule is CC(CN1CC(=O)N(CN2CCN(C)CC2)C(=O)C1)N1CC(=O)N(CN2CCN(C)CC2)C(=O)C1. The number of carbonyl (C=O) groups is 4. The lowest BCUT2D eigenvalue weighted by Gasteiger charge is -2.42. The molecule has 4 heterocycles. The molecule has 0 aromatic rings. The quantitative estimate of drug-likeness (QED) is 0.345. The average molecular weight is 493 g/mol. The van der Waals surface area contributed by atoms with E-state index in [4.69, 9.17) is 0 Å². The van der Waals surface area contributed by atoms with Gasteiger partial charge in [0.2, 0.25) is 23.6 Å². The summed E-state index contributed by atoms with van der Waals surface area (Å²) in [5.41, 5.74) is 0. The molecule has 4 amide bonds. The first-order valence-electron chi connectivity index (χ1n) is 12.6. The van der Waals surface area contributed by atoms with E-state index < -0.39 is 0 Å². The van der Waals surface area contributed by atoms with Gasteiger partial charge in [0, 0.05) is 64.9 Å². The van der Waals surface area contributed by atoms with Gasteiger partial charge in [0.25, 0.3) is 0 Å². The van der Waals surface area contributed by atoms with Crippen LogP contribution in [-0.4, -0.2) is 181 Å². The van der Waals surface area contributed by atoms with Crippen LogP contribution >= 0.6 is 0 Å². The highest BCUT2D eigenvalue weighted by molar-refractivity contribution is 6.00.